The van der Waals surface area contributed by atoms with Crippen molar-refractivity contribution in [3.63, 3.8) is 0 Å². The molecule has 5 nitrogen and oxygen atoms in total. The van der Waals surface area contributed by atoms with Crippen molar-refractivity contribution in [3.05, 3.63) is 48.6 Å². The minimum Gasteiger partial charge on any atom is -0.449 e. The van der Waals surface area contributed by atoms with E-state index in [2.05, 4.69) is 67.4 Å². The summed E-state index contributed by atoms with van der Waals surface area (Å²) in [6, 6.07) is 0. The Labute approximate surface area is 324 Å². The zero-order valence-electron chi connectivity index (χ0n) is 34.7. The van der Waals surface area contributed by atoms with Crippen molar-refractivity contribution in [2.75, 3.05) is 52.5 Å². The Hall–Kier alpha value is -1.85. The maximum atomic E-state index is 13.0. The van der Waals surface area contributed by atoms with Crippen LogP contribution in [-0.2, 0) is 9.47 Å². The molecule has 0 radical (unpaired) electrons. The van der Waals surface area contributed by atoms with Crippen LogP contribution < -0.4 is 0 Å². The molecule has 1 rings (SSSR count). The number of hydrogen-bond donors (Lipinski definition) is 0. The average Bonchev–Trinajstić information content (AvgIpc) is 3.16. The van der Waals surface area contributed by atoms with Gasteiger partial charge in [0, 0.05) is 26.2 Å². The van der Waals surface area contributed by atoms with Gasteiger partial charge in [-0.25, -0.2) is 4.79 Å². The van der Waals surface area contributed by atoms with Crippen molar-refractivity contribution in [2.24, 2.45) is 0 Å². The van der Waals surface area contributed by atoms with Crippen LogP contribution in [0.4, 0.5) is 4.79 Å². The number of unbranched alkanes of at least 4 members (excludes halogenated alkanes) is 18. The molecule has 0 atom stereocenters. The van der Waals surface area contributed by atoms with E-state index < -0.39 is 0 Å². The Kier molecular flexibility index (Phi) is 37.4. The molecule has 0 N–H and O–H groups in total. The molecular formula is C47H86N2O3. The van der Waals surface area contributed by atoms with Gasteiger partial charge in [0.1, 0.15) is 0 Å². The highest BCUT2D eigenvalue weighted by molar-refractivity contribution is 5.67. The zero-order valence-corrected chi connectivity index (χ0v) is 34.7. The van der Waals surface area contributed by atoms with Crippen molar-refractivity contribution >= 4 is 6.09 Å². The van der Waals surface area contributed by atoms with E-state index in [9.17, 15) is 4.79 Å². The van der Waals surface area contributed by atoms with Crippen LogP contribution in [-0.4, -0.2) is 68.4 Å². The molecule has 0 aliphatic carbocycles. The highest BCUT2D eigenvalue weighted by Gasteiger charge is 2.15. The van der Waals surface area contributed by atoms with Gasteiger partial charge >= 0.3 is 6.09 Å². The summed E-state index contributed by atoms with van der Waals surface area (Å²) in [5, 5.41) is 0. The molecule has 1 aliphatic heterocycles. The van der Waals surface area contributed by atoms with Crippen molar-refractivity contribution in [1.82, 2.24) is 9.80 Å². The van der Waals surface area contributed by atoms with E-state index in [4.69, 9.17) is 9.47 Å². The average molecular weight is 727 g/mol. The largest absolute Gasteiger partial charge is 0.449 e. The highest BCUT2D eigenvalue weighted by Crippen LogP contribution is 2.12. The number of piperidine rings is 1. The van der Waals surface area contributed by atoms with Crippen LogP contribution in [0.15, 0.2) is 48.6 Å². The topological polar surface area (TPSA) is 42.0 Å². The van der Waals surface area contributed by atoms with Gasteiger partial charge in [-0.15, -0.1) is 0 Å². The van der Waals surface area contributed by atoms with E-state index in [0.717, 1.165) is 51.8 Å². The van der Waals surface area contributed by atoms with Crippen molar-refractivity contribution in [3.8, 4) is 0 Å². The second-order valence-electron chi connectivity index (χ2n) is 15.1. The predicted octanol–water partition coefficient (Wildman–Crippen LogP) is 13.9. The summed E-state index contributed by atoms with van der Waals surface area (Å²) < 4.78 is 11.7. The first kappa shape index (κ1) is 48.2. The number of rotatable bonds is 37. The maximum Gasteiger partial charge on any atom is 0.409 e. The fraction of sp³-hybridized carbons (Fsp3) is 0.809. The van der Waals surface area contributed by atoms with E-state index in [0.29, 0.717) is 19.8 Å². The van der Waals surface area contributed by atoms with Crippen LogP contribution >= 0.6 is 0 Å². The summed E-state index contributed by atoms with van der Waals surface area (Å²) in [7, 11) is 0. The first-order valence-corrected chi connectivity index (χ1v) is 22.6. The van der Waals surface area contributed by atoms with Crippen molar-refractivity contribution in [2.45, 2.75) is 194 Å². The number of amides is 1. The number of hydrogen-bond acceptors (Lipinski definition) is 4. The number of allylic oxidation sites excluding steroid dienone is 8. The molecule has 1 saturated heterocycles. The standard InChI is InChI=1S/C47H86N2O3/c1-3-5-7-9-11-13-15-17-19-21-23-25-27-29-31-36-42-49(47(50)52-45-38-41-48-39-34-33-35-40-48)43-46-51-44-37-32-30-28-26-24-22-20-18-16-14-12-10-8-6-4-2/h11-14,17-20H,3-10,15-16,21-46H2,1-2H3. The molecule has 0 aromatic carbocycles. The Balaban J connectivity index is 2.14. The SMILES string of the molecule is CCCCCC=CCC=CCCCCCCCCOCCN(CCCCCCCCC=CCC=CCCCCC)C(=O)OCCCN1CCCCC1. The quantitative estimate of drug-likeness (QED) is 0.0472. The van der Waals surface area contributed by atoms with Gasteiger partial charge in [-0.05, 0) is 109 Å². The molecule has 1 heterocycles. The number of ether oxygens (including phenoxy) is 2. The lowest BCUT2D eigenvalue weighted by atomic mass is 10.1. The molecule has 52 heavy (non-hydrogen) atoms. The molecule has 1 fully saturated rings. The number of nitrogens with zero attached hydrogens (tertiary/aromatic N) is 2. The first-order valence-electron chi connectivity index (χ1n) is 22.6. The van der Waals surface area contributed by atoms with Gasteiger partial charge in [0.2, 0.25) is 0 Å². The lowest BCUT2D eigenvalue weighted by Gasteiger charge is -2.26. The fourth-order valence-corrected chi connectivity index (χ4v) is 6.78. The molecule has 0 aromatic heterocycles. The van der Waals surface area contributed by atoms with Crippen LogP contribution in [0.25, 0.3) is 0 Å². The Morgan fingerprint density at radius 3 is 1.52 bits per heavy atom. The van der Waals surface area contributed by atoms with E-state index in [-0.39, 0.29) is 6.09 Å². The molecule has 0 unspecified atom stereocenters. The van der Waals surface area contributed by atoms with Gasteiger partial charge in [0.05, 0.1) is 13.2 Å². The van der Waals surface area contributed by atoms with Crippen LogP contribution in [0.5, 0.6) is 0 Å². The van der Waals surface area contributed by atoms with Gasteiger partial charge in [0.25, 0.3) is 0 Å². The molecule has 5 heteroatoms. The first-order chi connectivity index (χ1) is 25.8. The summed E-state index contributed by atoms with van der Waals surface area (Å²) in [4.78, 5) is 17.4. The third-order valence-electron chi connectivity index (χ3n) is 10.2. The Morgan fingerprint density at radius 1 is 0.500 bits per heavy atom. The molecule has 0 bridgehead atoms. The monoisotopic (exact) mass is 727 g/mol. The summed E-state index contributed by atoms with van der Waals surface area (Å²) >= 11 is 0. The second-order valence-corrected chi connectivity index (χ2v) is 15.1. The summed E-state index contributed by atoms with van der Waals surface area (Å²) in [5.74, 6) is 0. The molecule has 0 aromatic rings. The third kappa shape index (κ3) is 34.0. The van der Waals surface area contributed by atoms with Gasteiger partial charge in [-0.3, -0.25) is 0 Å². The van der Waals surface area contributed by atoms with Crippen LogP contribution in [0.1, 0.15) is 194 Å². The summed E-state index contributed by atoms with van der Waals surface area (Å²) in [5.41, 5.74) is 0. The van der Waals surface area contributed by atoms with E-state index in [1.807, 2.05) is 4.90 Å². The minimum absolute atomic E-state index is 0.154. The maximum absolute atomic E-state index is 13.0. The summed E-state index contributed by atoms with van der Waals surface area (Å²) in [6.07, 6.45) is 53.2. The molecule has 1 amide bonds. The van der Waals surface area contributed by atoms with Crippen molar-refractivity contribution < 1.29 is 14.3 Å². The number of carbonyl (C=O) groups excluding carboxylic acids is 1. The van der Waals surface area contributed by atoms with Gasteiger partial charge in [0.15, 0.2) is 0 Å². The smallest absolute Gasteiger partial charge is 0.409 e. The second kappa shape index (κ2) is 40.3. The van der Waals surface area contributed by atoms with Gasteiger partial charge in [-0.1, -0.05) is 146 Å². The highest BCUT2D eigenvalue weighted by atomic mass is 16.6. The van der Waals surface area contributed by atoms with Crippen molar-refractivity contribution in [1.29, 1.82) is 0 Å². The van der Waals surface area contributed by atoms with Crippen LogP contribution in [0.3, 0.4) is 0 Å². The lowest BCUT2D eigenvalue weighted by Crippen LogP contribution is -2.36. The molecule has 302 valence electrons. The van der Waals surface area contributed by atoms with E-state index in [1.54, 1.807) is 0 Å². The zero-order chi connectivity index (χ0) is 37.3. The fourth-order valence-electron chi connectivity index (χ4n) is 6.78. The van der Waals surface area contributed by atoms with Crippen LogP contribution in [0.2, 0.25) is 0 Å². The van der Waals surface area contributed by atoms with E-state index >= 15 is 0 Å². The minimum atomic E-state index is -0.154. The molecule has 0 spiro atoms. The molecular weight excluding hydrogens is 641 g/mol. The predicted molar refractivity (Wildman–Crippen MR) is 227 cm³/mol. The van der Waals surface area contributed by atoms with Gasteiger partial charge < -0.3 is 19.3 Å². The third-order valence-corrected chi connectivity index (χ3v) is 10.2. The Bertz CT molecular complexity index is 861. The van der Waals surface area contributed by atoms with Gasteiger partial charge in [-0.2, -0.15) is 0 Å². The molecule has 0 saturated carbocycles. The Morgan fingerprint density at radius 2 is 0.981 bits per heavy atom. The molecule has 1 aliphatic rings. The van der Waals surface area contributed by atoms with Crippen LogP contribution in [0, 0.1) is 0 Å². The lowest BCUT2D eigenvalue weighted by molar-refractivity contribution is 0.0704. The number of likely N-dealkylation sites (tertiary alicyclic amines) is 1. The van der Waals surface area contributed by atoms with E-state index in [1.165, 1.54) is 161 Å². The normalized spacial score (nSPS) is 14.2. The summed E-state index contributed by atoms with van der Waals surface area (Å²) in [6.45, 7) is 11.3. The number of carbonyl (C=O) groups is 1.